The zero-order chi connectivity index (χ0) is 29.0. The summed E-state index contributed by atoms with van der Waals surface area (Å²) in [6.07, 6.45) is 12.6. The summed E-state index contributed by atoms with van der Waals surface area (Å²) in [4.78, 5) is 0. The summed E-state index contributed by atoms with van der Waals surface area (Å²) in [6.45, 7) is 5.62. The summed E-state index contributed by atoms with van der Waals surface area (Å²) < 4.78 is 56.8. The minimum Gasteiger partial charge on any atom is -0.348 e. The lowest BCUT2D eigenvalue weighted by Gasteiger charge is -2.29. The molecule has 3 aromatic carbocycles. The van der Waals surface area contributed by atoms with Gasteiger partial charge in [0.25, 0.3) is 0 Å². The lowest BCUT2D eigenvalue weighted by atomic mass is 9.96. The Bertz CT molecular complexity index is 1220. The highest BCUT2D eigenvalue weighted by Crippen LogP contribution is 2.33. The van der Waals surface area contributed by atoms with Crippen molar-refractivity contribution in [2.75, 3.05) is 13.2 Å². The third-order valence-corrected chi connectivity index (χ3v) is 8.17. The molecule has 222 valence electrons. The van der Waals surface area contributed by atoms with E-state index in [2.05, 4.69) is 13.8 Å². The fourth-order valence-corrected chi connectivity index (χ4v) is 5.60. The largest absolute Gasteiger partial charge is 0.348 e. The smallest absolute Gasteiger partial charge is 0.183 e. The van der Waals surface area contributed by atoms with Gasteiger partial charge in [-0.15, -0.1) is 0 Å². The Morgan fingerprint density at radius 1 is 0.634 bits per heavy atom. The van der Waals surface area contributed by atoms with Gasteiger partial charge in [0.2, 0.25) is 0 Å². The van der Waals surface area contributed by atoms with Gasteiger partial charge >= 0.3 is 0 Å². The van der Waals surface area contributed by atoms with Crippen molar-refractivity contribution in [2.45, 2.75) is 97.2 Å². The molecular weight excluding hydrogens is 521 g/mol. The van der Waals surface area contributed by atoms with E-state index < -0.39 is 17.9 Å². The van der Waals surface area contributed by atoms with Crippen LogP contribution < -0.4 is 0 Å². The first-order valence-corrected chi connectivity index (χ1v) is 15.6. The first-order valence-electron chi connectivity index (χ1n) is 15.6. The molecule has 1 aliphatic rings. The van der Waals surface area contributed by atoms with E-state index in [1.165, 1.54) is 44.6 Å². The van der Waals surface area contributed by atoms with Crippen LogP contribution in [0.1, 0.15) is 102 Å². The molecule has 4 rings (SSSR count). The monoisotopic (exact) mass is 566 g/mol. The summed E-state index contributed by atoms with van der Waals surface area (Å²) in [5, 5.41) is 0. The second-order valence-corrected chi connectivity index (χ2v) is 11.4. The minimum atomic E-state index is -0.828. The fraction of sp³-hybridized carbons (Fsp3) is 0.500. The maximum absolute atomic E-state index is 15.2. The van der Waals surface area contributed by atoms with Crippen molar-refractivity contribution in [3.05, 3.63) is 83.2 Å². The van der Waals surface area contributed by atoms with E-state index in [4.69, 9.17) is 9.47 Å². The normalized spacial score (nSPS) is 17.2. The van der Waals surface area contributed by atoms with Crippen LogP contribution >= 0.6 is 0 Å². The van der Waals surface area contributed by atoms with Gasteiger partial charge in [0, 0.05) is 22.6 Å². The second kappa shape index (κ2) is 16.1. The molecule has 1 saturated heterocycles. The third-order valence-electron chi connectivity index (χ3n) is 8.17. The standard InChI is InChI=1S/C36H45F3O2/c1-3-5-7-9-11-13-26-24-40-36(41-25-26)30-20-21-31(33(37)23-30)27-15-17-28(18-16-27)32-22-19-29(34(38)35(32)39)14-12-10-8-6-4-2/h15-23,26,36H,3-14,24-25H2,1-2H3. The van der Waals surface area contributed by atoms with Gasteiger partial charge in [-0.25, -0.2) is 13.2 Å². The van der Waals surface area contributed by atoms with Gasteiger partial charge in [-0.1, -0.05) is 120 Å². The molecular formula is C36H45F3O2. The van der Waals surface area contributed by atoms with E-state index in [0.717, 1.165) is 32.1 Å². The van der Waals surface area contributed by atoms with E-state index in [0.29, 0.717) is 53.4 Å². The van der Waals surface area contributed by atoms with Gasteiger partial charge < -0.3 is 9.47 Å². The van der Waals surface area contributed by atoms with Crippen LogP contribution in [0.15, 0.2) is 54.6 Å². The van der Waals surface area contributed by atoms with Gasteiger partial charge in [-0.05, 0) is 42.0 Å². The quantitative estimate of drug-likeness (QED) is 0.170. The van der Waals surface area contributed by atoms with Gasteiger partial charge in [-0.2, -0.15) is 0 Å². The van der Waals surface area contributed by atoms with Gasteiger partial charge in [-0.3, -0.25) is 0 Å². The maximum atomic E-state index is 15.2. The zero-order valence-electron chi connectivity index (χ0n) is 24.7. The Morgan fingerprint density at radius 3 is 1.85 bits per heavy atom. The van der Waals surface area contributed by atoms with Crippen LogP contribution in [0.4, 0.5) is 13.2 Å². The van der Waals surface area contributed by atoms with Crippen LogP contribution in [0, 0.1) is 23.4 Å². The highest BCUT2D eigenvalue weighted by Gasteiger charge is 2.24. The van der Waals surface area contributed by atoms with Crippen LogP contribution in [0.5, 0.6) is 0 Å². The Hall–Kier alpha value is -2.63. The number of aryl methyl sites for hydroxylation is 1. The number of ether oxygens (including phenoxy) is 2. The van der Waals surface area contributed by atoms with E-state index in [1.807, 2.05) is 6.07 Å². The molecule has 1 fully saturated rings. The average molecular weight is 567 g/mol. The Kier molecular flexibility index (Phi) is 12.3. The summed E-state index contributed by atoms with van der Waals surface area (Å²) in [6, 6.07) is 15.3. The van der Waals surface area contributed by atoms with Crippen molar-refractivity contribution in [1.29, 1.82) is 0 Å². The predicted octanol–water partition coefficient (Wildman–Crippen LogP) is 11.0. The number of unbranched alkanes of at least 4 members (excludes halogenated alkanes) is 8. The SMILES string of the molecule is CCCCCCCc1ccc(-c2ccc(-c3ccc(C4OCC(CCCCCCC)CO4)cc3F)cc2)c(F)c1F. The van der Waals surface area contributed by atoms with Crippen LogP contribution in [-0.4, -0.2) is 13.2 Å². The van der Waals surface area contributed by atoms with Gasteiger partial charge in [0.05, 0.1) is 13.2 Å². The predicted molar refractivity (Wildman–Crippen MR) is 161 cm³/mol. The Labute approximate surface area is 244 Å². The highest BCUT2D eigenvalue weighted by atomic mass is 19.2. The molecule has 0 bridgehead atoms. The minimum absolute atomic E-state index is 0.213. The molecule has 0 radical (unpaired) electrons. The molecule has 41 heavy (non-hydrogen) atoms. The zero-order valence-corrected chi connectivity index (χ0v) is 24.7. The molecule has 5 heteroatoms. The van der Waals surface area contributed by atoms with E-state index in [9.17, 15) is 8.78 Å². The average Bonchev–Trinajstić information content (AvgIpc) is 2.99. The molecule has 0 aromatic heterocycles. The van der Waals surface area contributed by atoms with Crippen molar-refractivity contribution in [1.82, 2.24) is 0 Å². The van der Waals surface area contributed by atoms with Crippen LogP contribution in [0.3, 0.4) is 0 Å². The number of hydrogen-bond acceptors (Lipinski definition) is 2. The van der Waals surface area contributed by atoms with Crippen molar-refractivity contribution in [2.24, 2.45) is 5.92 Å². The summed E-state index contributed by atoms with van der Waals surface area (Å²) in [5.41, 5.74) is 2.95. The fourth-order valence-electron chi connectivity index (χ4n) is 5.60. The highest BCUT2D eigenvalue weighted by molar-refractivity contribution is 5.71. The number of rotatable bonds is 15. The number of hydrogen-bond donors (Lipinski definition) is 0. The molecule has 0 unspecified atom stereocenters. The summed E-state index contributed by atoms with van der Waals surface area (Å²) in [7, 11) is 0. The second-order valence-electron chi connectivity index (χ2n) is 11.4. The Balaban J connectivity index is 1.34. The van der Waals surface area contributed by atoms with Crippen molar-refractivity contribution >= 4 is 0 Å². The maximum Gasteiger partial charge on any atom is 0.183 e. The Morgan fingerprint density at radius 2 is 1.22 bits per heavy atom. The molecule has 1 heterocycles. The number of benzene rings is 3. The first kappa shape index (κ1) is 31.3. The lowest BCUT2D eigenvalue weighted by molar-refractivity contribution is -0.206. The lowest BCUT2D eigenvalue weighted by Crippen LogP contribution is -2.27. The molecule has 3 aromatic rings. The molecule has 2 nitrogen and oxygen atoms in total. The van der Waals surface area contributed by atoms with Crippen molar-refractivity contribution in [3.8, 4) is 22.3 Å². The topological polar surface area (TPSA) is 18.5 Å². The molecule has 0 amide bonds. The molecule has 0 spiro atoms. The number of halogens is 3. The van der Waals surface area contributed by atoms with Crippen LogP contribution in [0.25, 0.3) is 22.3 Å². The molecule has 0 saturated carbocycles. The van der Waals surface area contributed by atoms with Gasteiger partial charge in [0.15, 0.2) is 17.9 Å². The molecule has 0 N–H and O–H groups in total. The van der Waals surface area contributed by atoms with Crippen LogP contribution in [-0.2, 0) is 15.9 Å². The molecule has 1 aliphatic heterocycles. The third kappa shape index (κ3) is 8.68. The van der Waals surface area contributed by atoms with E-state index >= 15 is 4.39 Å². The summed E-state index contributed by atoms with van der Waals surface area (Å²) in [5.74, 6) is -1.58. The van der Waals surface area contributed by atoms with E-state index in [1.54, 1.807) is 42.5 Å². The van der Waals surface area contributed by atoms with Gasteiger partial charge in [0.1, 0.15) is 5.82 Å². The first-order chi connectivity index (χ1) is 20.0. The van der Waals surface area contributed by atoms with Crippen LogP contribution in [0.2, 0.25) is 0 Å². The van der Waals surface area contributed by atoms with Crippen molar-refractivity contribution < 1.29 is 22.6 Å². The van der Waals surface area contributed by atoms with E-state index in [-0.39, 0.29) is 11.4 Å². The summed E-state index contributed by atoms with van der Waals surface area (Å²) >= 11 is 0. The molecule has 0 atom stereocenters. The van der Waals surface area contributed by atoms with Crippen molar-refractivity contribution in [3.63, 3.8) is 0 Å². The molecule has 0 aliphatic carbocycles.